The van der Waals surface area contributed by atoms with Crippen LogP contribution in [-0.4, -0.2) is 26.4 Å². The van der Waals surface area contributed by atoms with E-state index in [0.717, 1.165) is 5.56 Å². The zero-order chi connectivity index (χ0) is 13.1. The third-order valence-corrected chi connectivity index (χ3v) is 2.15. The molecule has 0 fully saturated rings. The van der Waals surface area contributed by atoms with Crippen molar-refractivity contribution in [3.05, 3.63) is 29.8 Å². The molecular formula is C11H11N5O2. The Balaban J connectivity index is 2.31. The molecule has 0 aliphatic heterocycles. The summed E-state index contributed by atoms with van der Waals surface area (Å²) in [5.74, 6) is -0.344. The summed E-state index contributed by atoms with van der Waals surface area (Å²) in [5, 5.41) is 18.7. The molecule has 2 aromatic rings. The highest BCUT2D eigenvalue weighted by Gasteiger charge is 2.08. The van der Waals surface area contributed by atoms with Crippen molar-refractivity contribution >= 4 is 23.7 Å². The average Bonchev–Trinajstić information content (AvgIpc) is 2.30. The van der Waals surface area contributed by atoms with Crippen molar-refractivity contribution < 1.29 is 10.2 Å². The number of nitrogen functional groups attached to an aromatic ring is 2. The van der Waals surface area contributed by atoms with Gasteiger partial charge in [0.2, 0.25) is 11.8 Å². The first-order chi connectivity index (χ1) is 8.56. The SMILES string of the molecule is Nc1nc(N)c(/N=C/c2ccc(O)cc2)c(O)n1. The van der Waals surface area contributed by atoms with Gasteiger partial charge in [-0.15, -0.1) is 0 Å². The lowest BCUT2D eigenvalue weighted by Crippen LogP contribution is -1.99. The maximum Gasteiger partial charge on any atom is 0.244 e. The number of nitrogens with zero attached hydrogens (tertiary/aromatic N) is 3. The zero-order valence-electron chi connectivity index (χ0n) is 9.28. The van der Waals surface area contributed by atoms with Crippen molar-refractivity contribution in [1.29, 1.82) is 0 Å². The largest absolute Gasteiger partial charge is 0.508 e. The van der Waals surface area contributed by atoms with Gasteiger partial charge in [-0.25, -0.2) is 4.99 Å². The lowest BCUT2D eigenvalue weighted by atomic mass is 10.2. The minimum absolute atomic E-state index is 0.00460. The van der Waals surface area contributed by atoms with Gasteiger partial charge >= 0.3 is 0 Å². The molecule has 0 radical (unpaired) electrons. The molecule has 7 heteroatoms. The molecule has 1 heterocycles. The van der Waals surface area contributed by atoms with Crippen LogP contribution >= 0.6 is 0 Å². The van der Waals surface area contributed by atoms with Crippen LogP contribution < -0.4 is 11.5 Å². The molecule has 0 unspecified atom stereocenters. The van der Waals surface area contributed by atoms with Crippen molar-refractivity contribution in [2.75, 3.05) is 11.5 Å². The van der Waals surface area contributed by atoms with Crippen LogP contribution in [0, 0.1) is 0 Å². The second-order valence-corrected chi connectivity index (χ2v) is 3.49. The third kappa shape index (κ3) is 2.46. The molecule has 1 aromatic heterocycles. The number of rotatable bonds is 2. The fourth-order valence-corrected chi connectivity index (χ4v) is 1.30. The molecule has 1 aromatic carbocycles. The lowest BCUT2D eigenvalue weighted by molar-refractivity contribution is 0.455. The second kappa shape index (κ2) is 4.58. The Kier molecular flexibility index (Phi) is 2.96. The first kappa shape index (κ1) is 11.6. The molecular weight excluding hydrogens is 234 g/mol. The fraction of sp³-hybridized carbons (Fsp3) is 0. The van der Waals surface area contributed by atoms with Crippen molar-refractivity contribution in [1.82, 2.24) is 9.97 Å². The van der Waals surface area contributed by atoms with Gasteiger partial charge < -0.3 is 21.7 Å². The van der Waals surface area contributed by atoms with Crippen molar-refractivity contribution in [2.45, 2.75) is 0 Å². The molecule has 0 saturated heterocycles. The molecule has 0 saturated carbocycles. The van der Waals surface area contributed by atoms with Crippen LogP contribution in [0.4, 0.5) is 17.5 Å². The summed E-state index contributed by atoms with van der Waals surface area (Å²) in [6, 6.07) is 6.35. The molecule has 18 heavy (non-hydrogen) atoms. The molecule has 0 aliphatic rings. The van der Waals surface area contributed by atoms with Crippen molar-refractivity contribution in [2.24, 2.45) is 4.99 Å². The Morgan fingerprint density at radius 1 is 1.06 bits per heavy atom. The van der Waals surface area contributed by atoms with E-state index in [4.69, 9.17) is 16.6 Å². The number of aromatic nitrogens is 2. The molecule has 0 atom stereocenters. The van der Waals surface area contributed by atoms with E-state index in [1.54, 1.807) is 12.1 Å². The predicted octanol–water partition coefficient (Wildman–Crippen LogP) is 0.803. The van der Waals surface area contributed by atoms with Gasteiger partial charge in [0.15, 0.2) is 11.5 Å². The molecule has 92 valence electrons. The summed E-state index contributed by atoms with van der Waals surface area (Å²) in [7, 11) is 0. The first-order valence-electron chi connectivity index (χ1n) is 5.01. The molecule has 0 aliphatic carbocycles. The standard InChI is InChI=1S/C11H11N5O2/c12-9-8(10(18)16-11(13)15-9)14-5-6-1-3-7(17)4-2-6/h1-5,17H,(H5,12,13,15,16,18)/b14-5+. The highest BCUT2D eigenvalue weighted by molar-refractivity contribution is 5.84. The van der Waals surface area contributed by atoms with Gasteiger partial charge in [-0.2, -0.15) is 9.97 Å². The Hall–Kier alpha value is -2.83. The Labute approximate surface area is 102 Å². The average molecular weight is 245 g/mol. The molecule has 0 amide bonds. The number of phenols is 1. The maximum absolute atomic E-state index is 9.53. The predicted molar refractivity (Wildman–Crippen MR) is 67.9 cm³/mol. The summed E-state index contributed by atoms with van der Waals surface area (Å²) in [6.45, 7) is 0. The maximum atomic E-state index is 9.53. The van der Waals surface area contributed by atoms with E-state index in [1.807, 2.05) is 0 Å². The van der Waals surface area contributed by atoms with E-state index in [0.29, 0.717) is 0 Å². The van der Waals surface area contributed by atoms with Gasteiger partial charge in [0, 0.05) is 6.21 Å². The Morgan fingerprint density at radius 2 is 1.72 bits per heavy atom. The number of aliphatic imine (C=N–C) groups is 1. The summed E-state index contributed by atoms with van der Waals surface area (Å²) in [6.07, 6.45) is 1.46. The first-order valence-corrected chi connectivity index (χ1v) is 5.01. The van der Waals surface area contributed by atoms with E-state index in [2.05, 4.69) is 15.0 Å². The summed E-state index contributed by atoms with van der Waals surface area (Å²) in [4.78, 5) is 11.2. The zero-order valence-corrected chi connectivity index (χ0v) is 9.28. The van der Waals surface area contributed by atoms with Gasteiger partial charge in [-0.1, -0.05) is 0 Å². The molecule has 0 spiro atoms. The van der Waals surface area contributed by atoms with Crippen molar-refractivity contribution in [3.8, 4) is 11.6 Å². The summed E-state index contributed by atoms with van der Waals surface area (Å²) >= 11 is 0. The van der Waals surface area contributed by atoms with E-state index in [-0.39, 0.29) is 29.1 Å². The minimum Gasteiger partial charge on any atom is -0.508 e. The van der Waals surface area contributed by atoms with E-state index >= 15 is 0 Å². The number of hydrogen-bond acceptors (Lipinski definition) is 7. The van der Waals surface area contributed by atoms with E-state index < -0.39 is 0 Å². The highest BCUT2D eigenvalue weighted by Crippen LogP contribution is 2.29. The van der Waals surface area contributed by atoms with Crippen LogP contribution in [0.5, 0.6) is 11.6 Å². The Morgan fingerprint density at radius 3 is 2.33 bits per heavy atom. The second-order valence-electron chi connectivity index (χ2n) is 3.49. The molecule has 7 nitrogen and oxygen atoms in total. The van der Waals surface area contributed by atoms with Gasteiger partial charge in [0.05, 0.1) is 0 Å². The van der Waals surface area contributed by atoms with Crippen LogP contribution in [0.15, 0.2) is 29.3 Å². The van der Waals surface area contributed by atoms with E-state index in [9.17, 15) is 5.11 Å². The van der Waals surface area contributed by atoms with Gasteiger partial charge in [-0.05, 0) is 29.8 Å². The van der Waals surface area contributed by atoms with Crippen LogP contribution in [-0.2, 0) is 0 Å². The Bertz CT molecular complexity index is 572. The lowest BCUT2D eigenvalue weighted by Gasteiger charge is -2.02. The van der Waals surface area contributed by atoms with E-state index in [1.165, 1.54) is 18.3 Å². The van der Waals surface area contributed by atoms with Crippen molar-refractivity contribution in [3.63, 3.8) is 0 Å². The number of nitrogens with two attached hydrogens (primary N) is 2. The molecule has 2 rings (SSSR count). The number of aromatic hydroxyl groups is 2. The summed E-state index contributed by atoms with van der Waals surface area (Å²) < 4.78 is 0. The van der Waals surface area contributed by atoms with Crippen LogP contribution in [0.25, 0.3) is 0 Å². The topological polar surface area (TPSA) is 131 Å². The normalized spacial score (nSPS) is 10.9. The van der Waals surface area contributed by atoms with Gasteiger partial charge in [0.1, 0.15) is 5.75 Å². The quantitative estimate of drug-likeness (QED) is 0.579. The summed E-state index contributed by atoms with van der Waals surface area (Å²) in [5.41, 5.74) is 11.7. The van der Waals surface area contributed by atoms with Crippen LogP contribution in [0.1, 0.15) is 5.56 Å². The van der Waals surface area contributed by atoms with Crippen LogP contribution in [0.3, 0.4) is 0 Å². The molecule has 6 N–H and O–H groups in total. The third-order valence-electron chi connectivity index (χ3n) is 2.15. The van der Waals surface area contributed by atoms with Gasteiger partial charge in [0.25, 0.3) is 0 Å². The minimum atomic E-state index is -0.380. The number of anilines is 2. The number of benzene rings is 1. The highest BCUT2D eigenvalue weighted by atomic mass is 16.3. The van der Waals surface area contributed by atoms with Gasteiger partial charge in [-0.3, -0.25) is 0 Å². The monoisotopic (exact) mass is 245 g/mol. The van der Waals surface area contributed by atoms with Crippen LogP contribution in [0.2, 0.25) is 0 Å². The molecule has 0 bridgehead atoms. The number of hydrogen-bond donors (Lipinski definition) is 4. The fourth-order valence-electron chi connectivity index (χ4n) is 1.30. The number of phenolic OH excluding ortho intramolecular Hbond substituents is 1. The smallest absolute Gasteiger partial charge is 0.244 e.